The molecule has 0 aromatic rings. The Morgan fingerprint density at radius 2 is 1.67 bits per heavy atom. The zero-order valence-electron chi connectivity index (χ0n) is 17.2. The maximum atomic E-state index is 12.7. The number of aliphatic hydroxyl groups excluding tert-OH is 1. The molecule has 4 nitrogen and oxygen atoms in total. The highest BCUT2D eigenvalue weighted by molar-refractivity contribution is 5.76. The van der Waals surface area contributed by atoms with E-state index in [1.807, 2.05) is 6.92 Å². The normalized spacial score (nSPS) is 46.7. The van der Waals surface area contributed by atoms with Gasteiger partial charge in [-0.25, -0.2) is 0 Å². The highest BCUT2D eigenvalue weighted by atomic mass is 16.7. The molecule has 0 aromatic carbocycles. The number of carbonyl (C=O) groups is 1. The van der Waals surface area contributed by atoms with Gasteiger partial charge in [0.25, 0.3) is 0 Å². The largest absolute Gasteiger partial charge is 0.438 e. The molecule has 4 saturated carbocycles. The van der Waals surface area contributed by atoms with Gasteiger partial charge in [0.05, 0.1) is 18.1 Å². The van der Waals surface area contributed by atoms with Crippen molar-refractivity contribution >= 4 is 5.97 Å². The molecule has 4 aliphatic carbocycles. The van der Waals surface area contributed by atoms with E-state index < -0.39 is 5.41 Å². The molecular formula is C23H38O4. The van der Waals surface area contributed by atoms with Crippen molar-refractivity contribution in [2.75, 3.05) is 13.4 Å². The van der Waals surface area contributed by atoms with E-state index in [9.17, 15) is 9.90 Å². The van der Waals surface area contributed by atoms with Crippen LogP contribution in [0.25, 0.3) is 0 Å². The molecule has 1 N–H and O–H groups in total. The maximum Gasteiger partial charge on any atom is 0.313 e. The van der Waals surface area contributed by atoms with Crippen molar-refractivity contribution in [3.05, 3.63) is 0 Å². The smallest absolute Gasteiger partial charge is 0.313 e. The van der Waals surface area contributed by atoms with Crippen molar-refractivity contribution in [1.29, 1.82) is 0 Å². The first-order valence-corrected chi connectivity index (χ1v) is 11.4. The summed E-state index contributed by atoms with van der Waals surface area (Å²) in [5.74, 6) is 3.71. The Balaban J connectivity index is 1.20. The maximum absolute atomic E-state index is 12.7. The second-order valence-corrected chi connectivity index (χ2v) is 10.7. The van der Waals surface area contributed by atoms with E-state index in [4.69, 9.17) is 9.47 Å². The number of carbonyl (C=O) groups excluding carboxylic acids is 1. The zero-order valence-corrected chi connectivity index (χ0v) is 17.2. The molecule has 0 heterocycles. The minimum absolute atomic E-state index is 0.0918. The predicted molar refractivity (Wildman–Crippen MR) is 104 cm³/mol. The Hall–Kier alpha value is -0.610. The minimum atomic E-state index is -0.448. The van der Waals surface area contributed by atoms with Gasteiger partial charge in [-0.05, 0) is 100 Å². The summed E-state index contributed by atoms with van der Waals surface area (Å²) < 4.78 is 11.3. The molecule has 154 valence electrons. The van der Waals surface area contributed by atoms with Crippen LogP contribution in [0.15, 0.2) is 0 Å². The van der Waals surface area contributed by atoms with Gasteiger partial charge in [-0.1, -0.05) is 13.3 Å². The summed E-state index contributed by atoms with van der Waals surface area (Å²) in [6, 6.07) is 0. The topological polar surface area (TPSA) is 55.8 Å². The Labute approximate surface area is 164 Å². The van der Waals surface area contributed by atoms with Gasteiger partial charge >= 0.3 is 5.97 Å². The predicted octanol–water partition coefficient (Wildman–Crippen LogP) is 4.54. The standard InChI is InChI=1S/C23H38O4/c1-15-6-16-8-17(7-15)10-18(9-16)13-26-14-27-22(25)23(2)11-19-4-3-5-20(12-23)21(19)24/h15-21,24H,3-14H2,1-2H3. The third kappa shape index (κ3) is 4.37. The highest BCUT2D eigenvalue weighted by Crippen LogP contribution is 2.49. The molecule has 0 radical (unpaired) electrons. The molecule has 0 spiro atoms. The lowest BCUT2D eigenvalue weighted by atomic mass is 9.60. The molecule has 4 heteroatoms. The lowest BCUT2D eigenvalue weighted by molar-refractivity contribution is -0.178. The summed E-state index contributed by atoms with van der Waals surface area (Å²) in [6.45, 7) is 5.24. The zero-order chi connectivity index (χ0) is 19.0. The second-order valence-electron chi connectivity index (χ2n) is 10.7. The summed E-state index contributed by atoms with van der Waals surface area (Å²) in [5, 5.41) is 10.4. The van der Waals surface area contributed by atoms with Gasteiger partial charge in [-0.2, -0.15) is 0 Å². The average Bonchev–Trinajstić information content (AvgIpc) is 2.59. The molecule has 4 atom stereocenters. The third-order valence-electron chi connectivity index (χ3n) is 8.13. The van der Waals surface area contributed by atoms with E-state index in [0.29, 0.717) is 5.92 Å². The monoisotopic (exact) mass is 378 g/mol. The Kier molecular flexibility index (Phi) is 5.85. The van der Waals surface area contributed by atoms with Crippen molar-refractivity contribution in [2.24, 2.45) is 40.9 Å². The fourth-order valence-electron chi connectivity index (χ4n) is 7.16. The van der Waals surface area contributed by atoms with Crippen LogP contribution in [-0.4, -0.2) is 30.6 Å². The van der Waals surface area contributed by atoms with Crippen LogP contribution >= 0.6 is 0 Å². The molecule has 4 bridgehead atoms. The number of rotatable bonds is 5. The molecule has 0 aromatic heterocycles. The lowest BCUT2D eigenvalue weighted by Gasteiger charge is -2.47. The number of hydrogen-bond acceptors (Lipinski definition) is 4. The van der Waals surface area contributed by atoms with E-state index in [0.717, 1.165) is 50.0 Å². The minimum Gasteiger partial charge on any atom is -0.438 e. The van der Waals surface area contributed by atoms with Crippen molar-refractivity contribution < 1.29 is 19.4 Å². The fraction of sp³-hybridized carbons (Fsp3) is 0.957. The number of ether oxygens (including phenoxy) is 2. The first-order valence-electron chi connectivity index (χ1n) is 11.4. The van der Waals surface area contributed by atoms with Crippen LogP contribution in [0.1, 0.15) is 78.1 Å². The second kappa shape index (κ2) is 8.02. The molecule has 0 amide bonds. The van der Waals surface area contributed by atoms with Gasteiger partial charge in [0.15, 0.2) is 6.79 Å². The quantitative estimate of drug-likeness (QED) is 0.433. The molecule has 0 saturated heterocycles. The van der Waals surface area contributed by atoms with Crippen LogP contribution in [0.3, 0.4) is 0 Å². The van der Waals surface area contributed by atoms with Crippen LogP contribution in [0.2, 0.25) is 0 Å². The van der Waals surface area contributed by atoms with Gasteiger partial charge in [-0.15, -0.1) is 0 Å². The molecule has 4 rings (SSSR count). The third-order valence-corrected chi connectivity index (χ3v) is 8.13. The summed E-state index contributed by atoms with van der Waals surface area (Å²) in [4.78, 5) is 12.7. The van der Waals surface area contributed by atoms with E-state index in [2.05, 4.69) is 6.92 Å². The van der Waals surface area contributed by atoms with E-state index >= 15 is 0 Å². The number of hydrogen-bond donors (Lipinski definition) is 1. The summed E-state index contributed by atoms with van der Waals surface area (Å²) in [6.07, 6.45) is 11.3. The molecular weight excluding hydrogens is 340 g/mol. The van der Waals surface area contributed by atoms with E-state index in [1.165, 1.54) is 38.5 Å². The Morgan fingerprint density at radius 3 is 2.30 bits per heavy atom. The van der Waals surface area contributed by atoms with Gasteiger partial charge in [0, 0.05) is 0 Å². The summed E-state index contributed by atoms with van der Waals surface area (Å²) >= 11 is 0. The van der Waals surface area contributed by atoms with Gasteiger partial charge in [-0.3, -0.25) is 4.79 Å². The van der Waals surface area contributed by atoms with Gasteiger partial charge in [0.1, 0.15) is 0 Å². The molecule has 4 unspecified atom stereocenters. The van der Waals surface area contributed by atoms with Gasteiger partial charge in [0.2, 0.25) is 0 Å². The number of fused-ring (bicyclic) bond motifs is 4. The van der Waals surface area contributed by atoms with Crippen LogP contribution in [-0.2, 0) is 14.3 Å². The lowest BCUT2D eigenvalue weighted by Crippen LogP contribution is -2.48. The molecule has 0 aliphatic heterocycles. The Morgan fingerprint density at radius 1 is 1.04 bits per heavy atom. The van der Waals surface area contributed by atoms with Crippen molar-refractivity contribution in [1.82, 2.24) is 0 Å². The first-order chi connectivity index (χ1) is 12.9. The molecule has 4 fully saturated rings. The fourth-order valence-corrected chi connectivity index (χ4v) is 7.16. The van der Waals surface area contributed by atoms with E-state index in [1.54, 1.807) is 0 Å². The average molecular weight is 379 g/mol. The molecule has 27 heavy (non-hydrogen) atoms. The van der Waals surface area contributed by atoms with Gasteiger partial charge < -0.3 is 14.6 Å². The van der Waals surface area contributed by atoms with Crippen molar-refractivity contribution in [3.8, 4) is 0 Å². The van der Waals surface area contributed by atoms with Crippen molar-refractivity contribution in [2.45, 2.75) is 84.2 Å². The SMILES string of the molecule is CC1CC2CC(COCOC(=O)C3(C)CC4CCCC(C3)C4O)CC(C1)C2. The summed E-state index contributed by atoms with van der Waals surface area (Å²) in [7, 11) is 0. The number of aliphatic hydroxyl groups is 1. The van der Waals surface area contributed by atoms with Crippen LogP contribution in [0.5, 0.6) is 0 Å². The number of esters is 1. The van der Waals surface area contributed by atoms with Crippen LogP contribution in [0.4, 0.5) is 0 Å². The Bertz CT molecular complexity index is 500. The van der Waals surface area contributed by atoms with Crippen LogP contribution < -0.4 is 0 Å². The first kappa shape index (κ1) is 19.7. The van der Waals surface area contributed by atoms with E-state index in [-0.39, 0.29) is 30.7 Å². The highest BCUT2D eigenvalue weighted by Gasteiger charge is 2.49. The van der Waals surface area contributed by atoms with Crippen molar-refractivity contribution in [3.63, 3.8) is 0 Å². The van der Waals surface area contributed by atoms with Crippen LogP contribution in [0, 0.1) is 40.9 Å². The summed E-state index contributed by atoms with van der Waals surface area (Å²) in [5.41, 5.74) is -0.448. The molecule has 4 aliphatic rings.